The van der Waals surface area contributed by atoms with Crippen molar-refractivity contribution in [2.75, 3.05) is 0 Å². The fourth-order valence-corrected chi connectivity index (χ4v) is 5.56. The minimum Gasteiger partial charge on any atom is -0.0654 e. The average molecular weight is 498 g/mol. The summed E-state index contributed by atoms with van der Waals surface area (Å²) in [6.07, 6.45) is 39.8. The molecular weight excluding hydrogens is 432 g/mol. The molecular formula is C36H65. The van der Waals surface area contributed by atoms with E-state index < -0.39 is 0 Å². The molecule has 1 aromatic rings. The van der Waals surface area contributed by atoms with Gasteiger partial charge in [-0.3, -0.25) is 0 Å². The molecule has 1 aromatic carbocycles. The zero-order chi connectivity index (χ0) is 25.8. The van der Waals surface area contributed by atoms with Crippen molar-refractivity contribution in [2.24, 2.45) is 0 Å². The summed E-state index contributed by atoms with van der Waals surface area (Å²) in [6.45, 7) is 4.61. The molecule has 0 saturated carbocycles. The Morgan fingerprint density at radius 2 is 0.611 bits per heavy atom. The van der Waals surface area contributed by atoms with Gasteiger partial charge in [0.05, 0.1) is 0 Å². The quantitative estimate of drug-likeness (QED) is 0.101. The van der Waals surface area contributed by atoms with Gasteiger partial charge in [0.2, 0.25) is 0 Å². The smallest absolute Gasteiger partial charge is 0.0178 e. The van der Waals surface area contributed by atoms with E-state index in [9.17, 15) is 0 Å². The van der Waals surface area contributed by atoms with E-state index in [2.05, 4.69) is 38.1 Å². The lowest BCUT2D eigenvalue weighted by Crippen LogP contribution is -1.91. The normalized spacial score (nSPS) is 11.4. The first-order valence-electron chi connectivity index (χ1n) is 16.9. The minimum absolute atomic E-state index is 1.25. The van der Waals surface area contributed by atoms with Gasteiger partial charge in [0.1, 0.15) is 0 Å². The van der Waals surface area contributed by atoms with Crippen molar-refractivity contribution in [2.45, 2.75) is 194 Å². The van der Waals surface area contributed by atoms with Gasteiger partial charge >= 0.3 is 0 Å². The van der Waals surface area contributed by atoms with E-state index in [1.54, 1.807) is 0 Å². The second kappa shape index (κ2) is 27.3. The number of benzene rings is 1. The maximum atomic E-state index is 3.42. The van der Waals surface area contributed by atoms with Crippen molar-refractivity contribution in [3.63, 3.8) is 0 Å². The van der Waals surface area contributed by atoms with Gasteiger partial charge in [0.15, 0.2) is 0 Å². The van der Waals surface area contributed by atoms with Crippen LogP contribution in [0.5, 0.6) is 0 Å². The van der Waals surface area contributed by atoms with Crippen molar-refractivity contribution in [1.82, 2.24) is 0 Å². The van der Waals surface area contributed by atoms with Crippen LogP contribution in [0.2, 0.25) is 0 Å². The Labute approximate surface area is 228 Å². The highest BCUT2D eigenvalue weighted by Crippen LogP contribution is 2.16. The predicted molar refractivity (Wildman–Crippen MR) is 164 cm³/mol. The Kier molecular flexibility index (Phi) is 25.2. The van der Waals surface area contributed by atoms with E-state index in [1.807, 2.05) is 0 Å². The Bertz CT molecular complexity index is 499. The zero-order valence-corrected chi connectivity index (χ0v) is 25.0. The summed E-state index contributed by atoms with van der Waals surface area (Å²) < 4.78 is 0. The van der Waals surface area contributed by atoms with Crippen LogP contribution in [-0.2, 0) is 12.8 Å². The minimum atomic E-state index is 1.25. The van der Waals surface area contributed by atoms with Crippen molar-refractivity contribution >= 4 is 0 Å². The average Bonchev–Trinajstić information content (AvgIpc) is 2.90. The molecule has 0 aromatic heterocycles. The molecule has 0 bridgehead atoms. The van der Waals surface area contributed by atoms with Crippen LogP contribution in [0.1, 0.15) is 192 Å². The van der Waals surface area contributed by atoms with Crippen LogP contribution >= 0.6 is 0 Å². The lowest BCUT2D eigenvalue weighted by Gasteiger charge is -2.06. The topological polar surface area (TPSA) is 0 Å². The molecule has 0 spiro atoms. The number of hydrogen-bond donors (Lipinski definition) is 0. The molecule has 0 heteroatoms. The van der Waals surface area contributed by atoms with Gasteiger partial charge in [-0.05, 0) is 42.9 Å². The van der Waals surface area contributed by atoms with E-state index in [0.29, 0.717) is 0 Å². The van der Waals surface area contributed by atoms with Crippen LogP contribution in [-0.4, -0.2) is 0 Å². The third kappa shape index (κ3) is 22.4. The van der Waals surface area contributed by atoms with Crippen LogP contribution in [0.4, 0.5) is 0 Å². The first kappa shape index (κ1) is 33.2. The molecule has 1 radical (unpaired) electrons. The predicted octanol–water partition coefficient (Wildman–Crippen LogP) is 12.8. The molecule has 0 unspecified atom stereocenters. The summed E-state index contributed by atoms with van der Waals surface area (Å²) in [6, 6.07) is 10.4. The summed E-state index contributed by atoms with van der Waals surface area (Å²) in [5.41, 5.74) is 3.04. The third-order valence-corrected chi connectivity index (χ3v) is 8.05. The Balaban J connectivity index is 1.89. The summed E-state index contributed by atoms with van der Waals surface area (Å²) in [4.78, 5) is 0. The van der Waals surface area contributed by atoms with Crippen molar-refractivity contribution < 1.29 is 0 Å². The number of aryl methyl sites for hydroxylation is 2. The molecule has 0 fully saturated rings. The van der Waals surface area contributed by atoms with Crippen LogP contribution in [0.15, 0.2) is 18.2 Å². The van der Waals surface area contributed by atoms with Gasteiger partial charge in [0, 0.05) is 0 Å². The molecule has 0 aliphatic rings. The van der Waals surface area contributed by atoms with Gasteiger partial charge in [-0.2, -0.15) is 0 Å². The Hall–Kier alpha value is -0.780. The molecule has 0 nitrogen and oxygen atoms in total. The molecule has 0 atom stereocenters. The zero-order valence-electron chi connectivity index (χ0n) is 25.0. The molecule has 0 N–H and O–H groups in total. The van der Waals surface area contributed by atoms with Crippen molar-refractivity contribution in [1.29, 1.82) is 0 Å². The molecule has 0 saturated heterocycles. The number of rotatable bonds is 28. The lowest BCUT2D eigenvalue weighted by molar-refractivity contribution is 0.539. The van der Waals surface area contributed by atoms with Gasteiger partial charge in [-0.15, -0.1) is 0 Å². The van der Waals surface area contributed by atoms with E-state index >= 15 is 0 Å². The highest BCUT2D eigenvalue weighted by molar-refractivity contribution is 5.22. The fraction of sp³-hybridized carbons (Fsp3) is 0.833. The monoisotopic (exact) mass is 498 g/mol. The first-order chi connectivity index (χ1) is 17.9. The van der Waals surface area contributed by atoms with Crippen LogP contribution in [0, 0.1) is 6.07 Å². The summed E-state index contributed by atoms with van der Waals surface area (Å²) in [5.74, 6) is 0. The largest absolute Gasteiger partial charge is 0.0654 e. The molecule has 209 valence electrons. The molecule has 0 amide bonds. The molecule has 0 aliphatic carbocycles. The van der Waals surface area contributed by atoms with E-state index in [0.717, 1.165) is 0 Å². The SMILES string of the molecule is CCCCCCCCCCCCCCCc1c[c]cc(CCCCCCCCCCCCCCC)c1. The van der Waals surface area contributed by atoms with Crippen LogP contribution in [0.25, 0.3) is 0 Å². The Morgan fingerprint density at radius 3 is 0.889 bits per heavy atom. The summed E-state index contributed by atoms with van der Waals surface area (Å²) in [5, 5.41) is 0. The number of unbranched alkanes of at least 4 members (excludes halogenated alkanes) is 24. The van der Waals surface area contributed by atoms with E-state index in [-0.39, 0.29) is 0 Å². The maximum absolute atomic E-state index is 3.42. The van der Waals surface area contributed by atoms with Crippen LogP contribution in [0.3, 0.4) is 0 Å². The van der Waals surface area contributed by atoms with E-state index in [1.165, 1.54) is 191 Å². The van der Waals surface area contributed by atoms with Gasteiger partial charge < -0.3 is 0 Å². The van der Waals surface area contributed by atoms with Gasteiger partial charge in [0.25, 0.3) is 0 Å². The maximum Gasteiger partial charge on any atom is -0.0178 e. The number of hydrogen-bond acceptors (Lipinski definition) is 0. The summed E-state index contributed by atoms with van der Waals surface area (Å²) in [7, 11) is 0. The summed E-state index contributed by atoms with van der Waals surface area (Å²) >= 11 is 0. The van der Waals surface area contributed by atoms with Gasteiger partial charge in [-0.1, -0.05) is 186 Å². The molecule has 1 rings (SSSR count). The second-order valence-electron chi connectivity index (χ2n) is 11.7. The van der Waals surface area contributed by atoms with Crippen molar-refractivity contribution in [3.05, 3.63) is 35.4 Å². The highest BCUT2D eigenvalue weighted by atomic mass is 14.1. The Morgan fingerprint density at radius 1 is 0.361 bits per heavy atom. The standard InChI is InChI=1S/C36H65/c1-3-5-7-9-11-13-15-17-19-21-23-25-27-30-35-32-29-33-36(34-35)31-28-26-24-22-20-18-16-14-12-10-8-6-4-2/h32-34H,3-28,30-31H2,1-2H3. The first-order valence-corrected chi connectivity index (χ1v) is 16.9. The molecule has 36 heavy (non-hydrogen) atoms. The molecule has 0 aliphatic heterocycles. The van der Waals surface area contributed by atoms with Gasteiger partial charge in [-0.25, -0.2) is 0 Å². The van der Waals surface area contributed by atoms with Crippen LogP contribution < -0.4 is 0 Å². The third-order valence-electron chi connectivity index (χ3n) is 8.05. The highest BCUT2D eigenvalue weighted by Gasteiger charge is 2.00. The fourth-order valence-electron chi connectivity index (χ4n) is 5.56. The van der Waals surface area contributed by atoms with E-state index in [4.69, 9.17) is 0 Å². The molecule has 0 heterocycles. The second-order valence-corrected chi connectivity index (χ2v) is 11.7. The van der Waals surface area contributed by atoms with Crippen molar-refractivity contribution in [3.8, 4) is 0 Å². The lowest BCUT2D eigenvalue weighted by atomic mass is 9.99.